The van der Waals surface area contributed by atoms with E-state index in [-0.39, 0.29) is 22.7 Å². The van der Waals surface area contributed by atoms with E-state index in [1.54, 1.807) is 37.3 Å². The number of amides is 1. The smallest absolute Gasteiger partial charge is 0.272 e. The summed E-state index contributed by atoms with van der Waals surface area (Å²) in [5.74, 6) is -0.821. The molecule has 0 aliphatic rings. The second kappa shape index (κ2) is 9.27. The fraction of sp³-hybridized carbons (Fsp3) is 0.0800. The molecule has 1 amide bonds. The molecule has 8 heteroatoms. The summed E-state index contributed by atoms with van der Waals surface area (Å²) < 4.78 is 1.49. The molecule has 0 saturated carbocycles. The van der Waals surface area contributed by atoms with E-state index in [2.05, 4.69) is 10.4 Å². The molecule has 0 unspecified atom stereocenters. The third-order valence-electron chi connectivity index (χ3n) is 5.05. The van der Waals surface area contributed by atoms with Gasteiger partial charge in [-0.05, 0) is 19.1 Å². The van der Waals surface area contributed by atoms with Gasteiger partial charge in [-0.3, -0.25) is 19.7 Å². The average molecular weight is 440 g/mol. The summed E-state index contributed by atoms with van der Waals surface area (Å²) in [4.78, 5) is 37.2. The number of nitrogens with zero attached hydrogens (tertiary/aromatic N) is 3. The van der Waals surface area contributed by atoms with Gasteiger partial charge in [0, 0.05) is 29.8 Å². The Kier molecular flexibility index (Phi) is 6.08. The largest absolute Gasteiger partial charge is 0.351 e. The standard InChI is InChI=1S/C25H20N4O4/c1-2-26-25(31)22-21(24(30)18-11-7-4-8-12-18)23(17-9-5-3-6-10-17)28(27-22)19-13-15-20(16-14-19)29(32)33/h3-16H,2H2,1H3,(H,26,31). The molecule has 0 fully saturated rings. The van der Waals surface area contributed by atoms with Crippen molar-refractivity contribution in [2.75, 3.05) is 6.54 Å². The minimum absolute atomic E-state index is 0.0112. The summed E-state index contributed by atoms with van der Waals surface area (Å²) in [5, 5.41) is 18.3. The monoisotopic (exact) mass is 440 g/mol. The maximum atomic E-state index is 13.6. The molecule has 0 bridgehead atoms. The lowest BCUT2D eigenvalue weighted by Crippen LogP contribution is -2.25. The number of ketones is 1. The Labute approximate surface area is 189 Å². The molecule has 0 saturated heterocycles. The van der Waals surface area contributed by atoms with Crippen molar-refractivity contribution in [1.29, 1.82) is 0 Å². The first-order valence-electron chi connectivity index (χ1n) is 10.3. The van der Waals surface area contributed by atoms with Gasteiger partial charge in [-0.1, -0.05) is 60.7 Å². The highest BCUT2D eigenvalue weighted by Gasteiger charge is 2.30. The number of carbonyl (C=O) groups is 2. The summed E-state index contributed by atoms with van der Waals surface area (Å²) in [5.41, 5.74) is 2.09. The lowest BCUT2D eigenvalue weighted by molar-refractivity contribution is -0.384. The number of nitrogens with one attached hydrogen (secondary N) is 1. The van der Waals surface area contributed by atoms with Crippen molar-refractivity contribution < 1.29 is 14.5 Å². The van der Waals surface area contributed by atoms with E-state index in [0.29, 0.717) is 29.1 Å². The lowest BCUT2D eigenvalue weighted by atomic mass is 9.97. The van der Waals surface area contributed by atoms with Crippen LogP contribution in [0, 0.1) is 10.1 Å². The number of rotatable bonds is 7. The number of aromatic nitrogens is 2. The predicted octanol–water partition coefficient (Wildman–Crippen LogP) is 4.43. The van der Waals surface area contributed by atoms with Crippen molar-refractivity contribution in [1.82, 2.24) is 15.1 Å². The van der Waals surface area contributed by atoms with Crippen LogP contribution in [0.5, 0.6) is 0 Å². The van der Waals surface area contributed by atoms with E-state index in [0.717, 1.165) is 0 Å². The molecule has 3 aromatic carbocycles. The van der Waals surface area contributed by atoms with Crippen molar-refractivity contribution in [2.45, 2.75) is 6.92 Å². The number of hydrogen-bond acceptors (Lipinski definition) is 5. The van der Waals surface area contributed by atoms with Gasteiger partial charge in [0.2, 0.25) is 0 Å². The van der Waals surface area contributed by atoms with Crippen LogP contribution in [0.4, 0.5) is 5.69 Å². The first-order chi connectivity index (χ1) is 16.0. The van der Waals surface area contributed by atoms with Crippen LogP contribution >= 0.6 is 0 Å². The molecule has 1 N–H and O–H groups in total. The molecule has 4 aromatic rings. The maximum absolute atomic E-state index is 13.6. The summed E-state index contributed by atoms with van der Waals surface area (Å²) in [6.07, 6.45) is 0. The SMILES string of the molecule is CCNC(=O)c1nn(-c2ccc([N+](=O)[O-])cc2)c(-c2ccccc2)c1C(=O)c1ccccc1. The molecule has 1 heterocycles. The molecule has 8 nitrogen and oxygen atoms in total. The molecule has 0 atom stereocenters. The molecule has 0 radical (unpaired) electrons. The zero-order valence-corrected chi connectivity index (χ0v) is 17.8. The maximum Gasteiger partial charge on any atom is 0.272 e. The quantitative estimate of drug-likeness (QED) is 0.260. The summed E-state index contributed by atoms with van der Waals surface area (Å²) in [7, 11) is 0. The number of benzene rings is 3. The van der Waals surface area contributed by atoms with Crippen molar-refractivity contribution >= 4 is 17.4 Å². The van der Waals surface area contributed by atoms with Gasteiger partial charge in [-0.15, -0.1) is 0 Å². The first kappa shape index (κ1) is 21.6. The van der Waals surface area contributed by atoms with Gasteiger partial charge < -0.3 is 5.32 Å². The van der Waals surface area contributed by atoms with Crippen LogP contribution in [0.2, 0.25) is 0 Å². The van der Waals surface area contributed by atoms with Gasteiger partial charge in [0.1, 0.15) is 0 Å². The predicted molar refractivity (Wildman–Crippen MR) is 124 cm³/mol. The lowest BCUT2D eigenvalue weighted by Gasteiger charge is -2.10. The Morgan fingerprint density at radius 2 is 1.55 bits per heavy atom. The topological polar surface area (TPSA) is 107 Å². The number of non-ortho nitro benzene ring substituents is 1. The van der Waals surface area contributed by atoms with E-state index in [9.17, 15) is 19.7 Å². The Morgan fingerprint density at radius 1 is 0.939 bits per heavy atom. The summed E-state index contributed by atoms with van der Waals surface area (Å²) in [6.45, 7) is 2.14. The number of carbonyl (C=O) groups excluding carboxylic acids is 2. The van der Waals surface area contributed by atoms with E-state index in [4.69, 9.17) is 0 Å². The fourth-order valence-electron chi connectivity index (χ4n) is 3.54. The van der Waals surface area contributed by atoms with Gasteiger partial charge in [-0.25, -0.2) is 4.68 Å². The van der Waals surface area contributed by atoms with Gasteiger partial charge in [-0.2, -0.15) is 5.10 Å². The molecule has 0 aliphatic heterocycles. The van der Waals surface area contributed by atoms with Gasteiger partial charge in [0.15, 0.2) is 11.5 Å². The average Bonchev–Trinajstić information content (AvgIpc) is 3.25. The van der Waals surface area contributed by atoms with E-state index >= 15 is 0 Å². The van der Waals surface area contributed by atoms with Crippen LogP contribution in [-0.2, 0) is 0 Å². The van der Waals surface area contributed by atoms with Gasteiger partial charge >= 0.3 is 0 Å². The highest BCUT2D eigenvalue weighted by atomic mass is 16.6. The third-order valence-corrected chi connectivity index (χ3v) is 5.05. The Hall–Kier alpha value is -4.59. The van der Waals surface area contributed by atoms with Crippen molar-refractivity contribution in [2.24, 2.45) is 0 Å². The molecule has 164 valence electrons. The van der Waals surface area contributed by atoms with E-state index in [1.807, 2.05) is 30.3 Å². The Balaban J connectivity index is 2.01. The van der Waals surface area contributed by atoms with E-state index in [1.165, 1.54) is 28.9 Å². The normalized spacial score (nSPS) is 10.6. The third kappa shape index (κ3) is 4.27. The van der Waals surface area contributed by atoms with Crippen LogP contribution in [0.1, 0.15) is 33.3 Å². The first-order valence-corrected chi connectivity index (χ1v) is 10.3. The second-order valence-corrected chi connectivity index (χ2v) is 7.18. The molecule has 0 spiro atoms. The molecule has 1 aromatic heterocycles. The van der Waals surface area contributed by atoms with Crippen LogP contribution < -0.4 is 5.32 Å². The van der Waals surface area contributed by atoms with Gasteiger partial charge in [0.25, 0.3) is 11.6 Å². The molecular weight excluding hydrogens is 420 g/mol. The number of nitro benzene ring substituents is 1. The molecule has 4 rings (SSSR count). The fourth-order valence-corrected chi connectivity index (χ4v) is 3.54. The van der Waals surface area contributed by atoms with Crippen LogP contribution in [0.25, 0.3) is 16.9 Å². The van der Waals surface area contributed by atoms with Crippen molar-refractivity contribution in [3.8, 4) is 16.9 Å². The van der Waals surface area contributed by atoms with Gasteiger partial charge in [0.05, 0.1) is 21.9 Å². The van der Waals surface area contributed by atoms with Crippen LogP contribution in [-0.4, -0.2) is 32.9 Å². The number of hydrogen-bond donors (Lipinski definition) is 1. The highest BCUT2D eigenvalue weighted by Crippen LogP contribution is 2.32. The summed E-state index contributed by atoms with van der Waals surface area (Å²) >= 11 is 0. The van der Waals surface area contributed by atoms with Crippen LogP contribution in [0.15, 0.2) is 84.9 Å². The second-order valence-electron chi connectivity index (χ2n) is 7.18. The summed E-state index contributed by atoms with van der Waals surface area (Å²) in [6, 6.07) is 23.6. The van der Waals surface area contributed by atoms with Crippen molar-refractivity contribution in [3.63, 3.8) is 0 Å². The van der Waals surface area contributed by atoms with E-state index < -0.39 is 10.8 Å². The molecule has 33 heavy (non-hydrogen) atoms. The zero-order chi connectivity index (χ0) is 23.4. The zero-order valence-electron chi connectivity index (χ0n) is 17.8. The highest BCUT2D eigenvalue weighted by molar-refractivity contribution is 6.18. The Bertz CT molecular complexity index is 1310. The number of nitro groups is 1. The molecular formula is C25H20N4O4. The Morgan fingerprint density at radius 3 is 2.12 bits per heavy atom. The minimum Gasteiger partial charge on any atom is -0.351 e. The van der Waals surface area contributed by atoms with Crippen LogP contribution in [0.3, 0.4) is 0 Å². The minimum atomic E-state index is -0.491. The van der Waals surface area contributed by atoms with Crippen molar-refractivity contribution in [3.05, 3.63) is 112 Å². The molecule has 0 aliphatic carbocycles.